The number of carbonyl (C=O) groups excluding carboxylic acids is 1. The smallest absolute Gasteiger partial charge is 0.337 e. The number of carboxylic acid groups (broad SMARTS) is 2. The molecular formula is C18H12N2O5S. The van der Waals surface area contributed by atoms with Gasteiger partial charge in [-0.1, -0.05) is 24.3 Å². The first kappa shape index (κ1) is 17.4. The molecule has 0 saturated carbocycles. The first-order valence-electron chi connectivity index (χ1n) is 7.39. The molecule has 0 radical (unpaired) electrons. The lowest BCUT2D eigenvalue weighted by molar-refractivity contribution is -0.115. The summed E-state index contributed by atoms with van der Waals surface area (Å²) in [7, 11) is 0. The Balaban J connectivity index is 1.85. The minimum absolute atomic E-state index is 0.0385. The van der Waals surface area contributed by atoms with Crippen LogP contribution in [0.1, 0.15) is 26.3 Å². The third kappa shape index (κ3) is 3.81. The number of hydrogen-bond donors (Lipinski definition) is 3. The normalized spacial score (nSPS) is 16.7. The van der Waals surface area contributed by atoms with Crippen LogP contribution >= 0.6 is 11.8 Å². The zero-order valence-corrected chi connectivity index (χ0v) is 14.0. The fourth-order valence-corrected chi connectivity index (χ4v) is 3.05. The molecule has 0 bridgehead atoms. The number of nitrogens with one attached hydrogen (secondary N) is 1. The van der Waals surface area contributed by atoms with Crippen LogP contribution in [0.25, 0.3) is 6.08 Å². The molecular weight excluding hydrogens is 356 g/mol. The van der Waals surface area contributed by atoms with E-state index in [1.807, 2.05) is 0 Å². The molecule has 8 heteroatoms. The molecule has 0 unspecified atom stereocenters. The van der Waals surface area contributed by atoms with Crippen LogP contribution in [0, 0.1) is 0 Å². The van der Waals surface area contributed by atoms with Crippen molar-refractivity contribution in [3.8, 4) is 0 Å². The van der Waals surface area contributed by atoms with Crippen molar-refractivity contribution in [1.82, 2.24) is 5.32 Å². The van der Waals surface area contributed by atoms with E-state index in [1.165, 1.54) is 18.2 Å². The molecule has 3 rings (SSSR count). The monoisotopic (exact) mass is 368 g/mol. The van der Waals surface area contributed by atoms with Gasteiger partial charge in [-0.05, 0) is 47.7 Å². The molecule has 1 aliphatic rings. The van der Waals surface area contributed by atoms with Gasteiger partial charge in [0.15, 0.2) is 5.17 Å². The van der Waals surface area contributed by atoms with Gasteiger partial charge in [-0.15, -0.1) is 0 Å². The standard InChI is InChI=1S/C18H12N2O5S/c21-15-14(9-10-5-7-11(8-6-10)16(22)23)26-18(20-15)19-13-4-2-1-3-12(13)17(24)25/h1-9H,(H,22,23)(H,24,25)(H,19,20,21). The third-order valence-electron chi connectivity index (χ3n) is 3.46. The van der Waals surface area contributed by atoms with E-state index in [0.717, 1.165) is 11.8 Å². The van der Waals surface area contributed by atoms with E-state index in [0.29, 0.717) is 10.5 Å². The number of aromatic carboxylic acids is 2. The minimum Gasteiger partial charge on any atom is -0.478 e. The van der Waals surface area contributed by atoms with Crippen molar-refractivity contribution in [2.24, 2.45) is 4.99 Å². The number of carboxylic acids is 2. The van der Waals surface area contributed by atoms with E-state index in [-0.39, 0.29) is 27.9 Å². The Labute approximate surface area is 152 Å². The molecule has 0 atom stereocenters. The lowest BCUT2D eigenvalue weighted by atomic mass is 10.1. The molecule has 1 aliphatic heterocycles. The Hall–Kier alpha value is -3.39. The van der Waals surface area contributed by atoms with Crippen molar-refractivity contribution >= 4 is 46.5 Å². The summed E-state index contributed by atoms with van der Waals surface area (Å²) in [5, 5.41) is 20.9. The van der Waals surface area contributed by atoms with Gasteiger partial charge in [-0.3, -0.25) is 4.79 Å². The maximum atomic E-state index is 12.1. The second-order valence-corrected chi connectivity index (χ2v) is 6.26. The predicted octanol–water partition coefficient (Wildman–Crippen LogP) is 2.97. The largest absolute Gasteiger partial charge is 0.478 e. The van der Waals surface area contributed by atoms with E-state index in [9.17, 15) is 19.5 Å². The second-order valence-electron chi connectivity index (χ2n) is 5.23. The highest BCUT2D eigenvalue weighted by molar-refractivity contribution is 8.18. The maximum Gasteiger partial charge on any atom is 0.337 e. The number of amidine groups is 1. The summed E-state index contributed by atoms with van der Waals surface area (Å²) >= 11 is 1.08. The van der Waals surface area contributed by atoms with Crippen molar-refractivity contribution in [1.29, 1.82) is 0 Å². The zero-order valence-electron chi connectivity index (χ0n) is 13.2. The lowest BCUT2D eigenvalue weighted by Crippen LogP contribution is -2.19. The van der Waals surface area contributed by atoms with E-state index in [2.05, 4.69) is 10.3 Å². The van der Waals surface area contributed by atoms with Crippen LogP contribution in [-0.4, -0.2) is 33.2 Å². The van der Waals surface area contributed by atoms with E-state index >= 15 is 0 Å². The highest BCUT2D eigenvalue weighted by Crippen LogP contribution is 2.29. The molecule has 3 N–H and O–H groups in total. The number of para-hydroxylation sites is 1. The van der Waals surface area contributed by atoms with Gasteiger partial charge >= 0.3 is 11.9 Å². The summed E-state index contributed by atoms with van der Waals surface area (Å²) in [6.45, 7) is 0. The van der Waals surface area contributed by atoms with Crippen LogP contribution < -0.4 is 5.32 Å². The first-order chi connectivity index (χ1) is 12.4. The quantitative estimate of drug-likeness (QED) is 0.715. The fraction of sp³-hybridized carbons (Fsp3) is 0. The molecule has 1 heterocycles. The number of benzene rings is 2. The van der Waals surface area contributed by atoms with Crippen LogP contribution in [0.4, 0.5) is 5.69 Å². The average Bonchev–Trinajstić information content (AvgIpc) is 2.95. The molecule has 0 aromatic heterocycles. The highest BCUT2D eigenvalue weighted by atomic mass is 32.2. The molecule has 2 aromatic carbocycles. The summed E-state index contributed by atoms with van der Waals surface area (Å²) < 4.78 is 0. The van der Waals surface area contributed by atoms with Crippen LogP contribution in [0.3, 0.4) is 0 Å². The summed E-state index contributed by atoms with van der Waals surface area (Å²) in [5.41, 5.74) is 1.11. The number of aliphatic imine (C=N–C) groups is 1. The summed E-state index contributed by atoms with van der Waals surface area (Å²) in [6.07, 6.45) is 1.61. The minimum atomic E-state index is -1.10. The molecule has 130 valence electrons. The van der Waals surface area contributed by atoms with Gasteiger partial charge in [0.25, 0.3) is 5.91 Å². The van der Waals surface area contributed by atoms with Crippen molar-refractivity contribution < 1.29 is 24.6 Å². The van der Waals surface area contributed by atoms with Crippen LogP contribution in [0.5, 0.6) is 0 Å². The molecule has 0 aliphatic carbocycles. The van der Waals surface area contributed by atoms with Gasteiger partial charge in [0.05, 0.1) is 21.7 Å². The SMILES string of the molecule is O=C1NC(=Nc2ccccc2C(=O)O)SC1=Cc1ccc(C(=O)O)cc1. The Morgan fingerprint density at radius 2 is 1.69 bits per heavy atom. The number of nitrogens with zero attached hydrogens (tertiary/aromatic N) is 1. The molecule has 0 spiro atoms. The Morgan fingerprint density at radius 3 is 2.35 bits per heavy atom. The number of amides is 1. The van der Waals surface area contributed by atoms with E-state index < -0.39 is 11.9 Å². The fourth-order valence-electron chi connectivity index (χ4n) is 2.22. The van der Waals surface area contributed by atoms with Gasteiger partial charge < -0.3 is 15.5 Å². The first-order valence-corrected chi connectivity index (χ1v) is 8.21. The molecule has 7 nitrogen and oxygen atoms in total. The Kier molecular flexibility index (Phi) is 4.85. The second kappa shape index (κ2) is 7.24. The van der Waals surface area contributed by atoms with E-state index in [1.54, 1.807) is 36.4 Å². The van der Waals surface area contributed by atoms with Crippen molar-refractivity contribution in [2.45, 2.75) is 0 Å². The maximum absolute atomic E-state index is 12.1. The number of hydrogen-bond acceptors (Lipinski definition) is 5. The third-order valence-corrected chi connectivity index (χ3v) is 4.37. The molecule has 1 fully saturated rings. The average molecular weight is 368 g/mol. The van der Waals surface area contributed by atoms with Gasteiger partial charge in [0.1, 0.15) is 0 Å². The van der Waals surface area contributed by atoms with E-state index in [4.69, 9.17) is 5.11 Å². The summed E-state index contributed by atoms with van der Waals surface area (Å²) in [6, 6.07) is 12.3. The highest BCUT2D eigenvalue weighted by Gasteiger charge is 2.24. The van der Waals surface area contributed by atoms with Crippen LogP contribution in [0.15, 0.2) is 58.4 Å². The molecule has 26 heavy (non-hydrogen) atoms. The Bertz CT molecular complexity index is 964. The summed E-state index contributed by atoms with van der Waals surface area (Å²) in [4.78, 5) is 38.7. The van der Waals surface area contributed by atoms with Crippen molar-refractivity contribution in [3.05, 3.63) is 70.1 Å². The van der Waals surface area contributed by atoms with Gasteiger partial charge in [0, 0.05) is 0 Å². The molecule has 2 aromatic rings. The summed E-state index contributed by atoms with van der Waals surface area (Å²) in [5.74, 6) is -2.49. The number of rotatable bonds is 4. The Morgan fingerprint density at radius 1 is 1.00 bits per heavy atom. The van der Waals surface area contributed by atoms with Crippen LogP contribution in [0.2, 0.25) is 0 Å². The zero-order chi connectivity index (χ0) is 18.7. The molecule has 1 saturated heterocycles. The lowest BCUT2D eigenvalue weighted by Gasteiger charge is -2.00. The number of carbonyl (C=O) groups is 3. The topological polar surface area (TPSA) is 116 Å². The molecule has 1 amide bonds. The van der Waals surface area contributed by atoms with Crippen LogP contribution in [-0.2, 0) is 4.79 Å². The van der Waals surface area contributed by atoms with Crippen molar-refractivity contribution in [3.63, 3.8) is 0 Å². The van der Waals surface area contributed by atoms with Crippen molar-refractivity contribution in [2.75, 3.05) is 0 Å². The predicted molar refractivity (Wildman–Crippen MR) is 97.6 cm³/mol. The van der Waals surface area contributed by atoms with Gasteiger partial charge in [-0.25, -0.2) is 14.6 Å². The van der Waals surface area contributed by atoms with Gasteiger partial charge in [-0.2, -0.15) is 0 Å². The van der Waals surface area contributed by atoms with Gasteiger partial charge in [0.2, 0.25) is 0 Å². The number of thioether (sulfide) groups is 1.